The van der Waals surface area contributed by atoms with Crippen molar-refractivity contribution in [2.45, 2.75) is 30.8 Å². The van der Waals surface area contributed by atoms with Crippen LogP contribution in [0.25, 0.3) is 0 Å². The maximum atomic E-state index is 14.5. The number of benzene rings is 4. The normalized spacial score (nSPS) is 11.7. The molecule has 230 valence electrons. The highest BCUT2D eigenvalue weighted by Gasteiger charge is 2.35. The number of hydrogen-bond acceptors (Lipinski definition) is 6. The van der Waals surface area contributed by atoms with E-state index in [0.29, 0.717) is 23.7 Å². The Bertz CT molecular complexity index is 1650. The number of anilines is 1. The topological polar surface area (TPSA) is 105 Å². The minimum atomic E-state index is -4.23. The molecule has 0 heterocycles. The third kappa shape index (κ3) is 7.76. The molecule has 0 bridgehead atoms. The summed E-state index contributed by atoms with van der Waals surface area (Å²) in [6.07, 6.45) is 0.219. The molecule has 0 spiro atoms. The smallest absolute Gasteiger partial charge is 0.264 e. The van der Waals surface area contributed by atoms with Gasteiger partial charge in [0.25, 0.3) is 10.0 Å². The molecule has 9 nitrogen and oxygen atoms in total. The van der Waals surface area contributed by atoms with Gasteiger partial charge in [0.1, 0.15) is 24.1 Å². The van der Waals surface area contributed by atoms with E-state index in [4.69, 9.17) is 9.47 Å². The summed E-state index contributed by atoms with van der Waals surface area (Å²) in [6, 6.07) is 30.2. The lowest BCUT2D eigenvalue weighted by Crippen LogP contribution is -2.53. The Morgan fingerprint density at radius 1 is 0.841 bits per heavy atom. The predicted molar refractivity (Wildman–Crippen MR) is 170 cm³/mol. The average Bonchev–Trinajstić information content (AvgIpc) is 3.06. The van der Waals surface area contributed by atoms with E-state index in [-0.39, 0.29) is 29.5 Å². The Morgan fingerprint density at radius 3 is 2.14 bits per heavy atom. The molecule has 0 saturated carbocycles. The number of nitrogens with one attached hydrogen (secondary N) is 1. The van der Waals surface area contributed by atoms with Gasteiger partial charge in [-0.2, -0.15) is 0 Å². The molecule has 4 aromatic carbocycles. The number of hydrogen-bond donors (Lipinski definition) is 1. The van der Waals surface area contributed by atoms with E-state index in [2.05, 4.69) is 5.32 Å². The summed E-state index contributed by atoms with van der Waals surface area (Å²) >= 11 is 0. The van der Waals surface area contributed by atoms with Crippen LogP contribution in [0, 0.1) is 0 Å². The van der Waals surface area contributed by atoms with Gasteiger partial charge in [0.2, 0.25) is 11.8 Å². The van der Waals surface area contributed by atoms with Crippen molar-refractivity contribution in [3.8, 4) is 11.5 Å². The van der Waals surface area contributed by atoms with Crippen molar-refractivity contribution in [2.24, 2.45) is 0 Å². The summed E-state index contributed by atoms with van der Waals surface area (Å²) in [4.78, 5) is 29.3. The van der Waals surface area contributed by atoms with Crippen molar-refractivity contribution in [3.63, 3.8) is 0 Å². The number of methoxy groups -OCH3 is 1. The molecule has 1 atom stereocenters. The van der Waals surface area contributed by atoms with Gasteiger partial charge < -0.3 is 19.7 Å². The molecule has 2 amide bonds. The fourth-order valence-electron chi connectivity index (χ4n) is 4.86. The van der Waals surface area contributed by atoms with E-state index in [9.17, 15) is 18.0 Å². The molecule has 10 heteroatoms. The third-order valence-electron chi connectivity index (χ3n) is 7.05. The van der Waals surface area contributed by atoms with Crippen LogP contribution in [0.3, 0.4) is 0 Å². The van der Waals surface area contributed by atoms with Crippen LogP contribution in [-0.2, 0) is 32.6 Å². The first kappa shape index (κ1) is 32.1. The number of ether oxygens (including phenoxy) is 2. The molecule has 0 aliphatic rings. The van der Waals surface area contributed by atoms with Crippen molar-refractivity contribution >= 4 is 27.5 Å². The lowest BCUT2D eigenvalue weighted by Gasteiger charge is -2.34. The Labute approximate surface area is 259 Å². The minimum Gasteiger partial charge on any atom is -0.497 e. The maximum Gasteiger partial charge on any atom is 0.264 e. The lowest BCUT2D eigenvalue weighted by atomic mass is 10.0. The molecule has 0 saturated heterocycles. The number of likely N-dealkylation sites (N-methyl/N-ethyl adjacent to an activating group) is 1. The molecule has 44 heavy (non-hydrogen) atoms. The number of carbonyl (C=O) groups is 2. The first-order valence-corrected chi connectivity index (χ1v) is 15.7. The Hall–Kier alpha value is -4.83. The minimum absolute atomic E-state index is 0.0191. The van der Waals surface area contributed by atoms with Gasteiger partial charge in [0.15, 0.2) is 0 Å². The van der Waals surface area contributed by atoms with E-state index in [1.807, 2.05) is 36.4 Å². The summed E-state index contributed by atoms with van der Waals surface area (Å²) < 4.78 is 40.5. The largest absolute Gasteiger partial charge is 0.497 e. The van der Waals surface area contributed by atoms with Gasteiger partial charge in [-0.25, -0.2) is 8.42 Å². The van der Waals surface area contributed by atoms with E-state index in [1.165, 1.54) is 24.1 Å². The van der Waals surface area contributed by atoms with Gasteiger partial charge >= 0.3 is 0 Å². The van der Waals surface area contributed by atoms with Crippen molar-refractivity contribution in [2.75, 3.05) is 31.6 Å². The quantitative estimate of drug-likeness (QED) is 0.221. The van der Waals surface area contributed by atoms with E-state index < -0.39 is 28.5 Å². The number of carbonyl (C=O) groups excluding carboxylic acids is 2. The van der Waals surface area contributed by atoms with Gasteiger partial charge in [-0.3, -0.25) is 13.9 Å². The van der Waals surface area contributed by atoms with Crippen molar-refractivity contribution < 1.29 is 27.5 Å². The number of nitrogens with zero attached hydrogens (tertiary/aromatic N) is 2. The highest BCUT2D eigenvalue weighted by molar-refractivity contribution is 7.92. The first-order chi connectivity index (χ1) is 21.3. The highest BCUT2D eigenvalue weighted by atomic mass is 32.2. The van der Waals surface area contributed by atoms with E-state index in [0.717, 1.165) is 9.87 Å². The molecule has 0 aromatic heterocycles. The molecule has 4 rings (SSSR count). The molecule has 0 aliphatic carbocycles. The van der Waals surface area contributed by atoms with E-state index in [1.54, 1.807) is 74.7 Å². The standard InChI is InChI=1S/C34H37N3O6S/c1-4-43-32-21-12-11-20-30(32)37(44(40,41)29-18-9-6-10-19-29)25-33(38)36(24-27-16-13-17-28(22-27)42-3)31(34(39)35-2)23-26-14-7-5-8-15-26/h5-22,31H,4,23-25H2,1-3H3,(H,35,39)/t31-/m1/s1. The number of sulfonamides is 1. The molecule has 4 aromatic rings. The van der Waals surface area contributed by atoms with Gasteiger partial charge in [0.05, 0.1) is 24.3 Å². The first-order valence-electron chi connectivity index (χ1n) is 14.3. The Morgan fingerprint density at radius 2 is 1.48 bits per heavy atom. The summed E-state index contributed by atoms with van der Waals surface area (Å²) in [5, 5.41) is 2.69. The Balaban J connectivity index is 1.82. The molecule has 0 radical (unpaired) electrons. The molecule has 1 N–H and O–H groups in total. The van der Waals surface area contributed by atoms with Crippen molar-refractivity contribution in [1.82, 2.24) is 10.2 Å². The SMILES string of the molecule is CCOc1ccccc1N(CC(=O)N(Cc1cccc(OC)c1)[C@H](Cc1ccccc1)C(=O)NC)S(=O)(=O)c1ccccc1. The lowest BCUT2D eigenvalue weighted by molar-refractivity contribution is -0.139. The molecule has 0 aliphatic heterocycles. The molecule has 0 unspecified atom stereocenters. The van der Waals surface area contributed by atoms with Gasteiger partial charge in [-0.15, -0.1) is 0 Å². The Kier molecular flexibility index (Phi) is 11.0. The number of amides is 2. The zero-order valence-electron chi connectivity index (χ0n) is 25.1. The summed E-state index contributed by atoms with van der Waals surface area (Å²) in [7, 11) is -1.17. The van der Waals surface area contributed by atoms with Crippen molar-refractivity contribution in [3.05, 3.63) is 120 Å². The average molecular weight is 616 g/mol. The van der Waals surface area contributed by atoms with E-state index >= 15 is 0 Å². The summed E-state index contributed by atoms with van der Waals surface area (Å²) in [5.74, 6) is -0.0393. The van der Waals surface area contributed by atoms with Gasteiger partial charge in [-0.05, 0) is 54.4 Å². The fraction of sp³-hybridized carbons (Fsp3) is 0.235. The van der Waals surface area contributed by atoms with Crippen molar-refractivity contribution in [1.29, 1.82) is 0 Å². The van der Waals surface area contributed by atoms with Crippen LogP contribution < -0.4 is 19.1 Å². The fourth-order valence-corrected chi connectivity index (χ4v) is 6.31. The zero-order valence-corrected chi connectivity index (χ0v) is 25.9. The van der Waals surface area contributed by atoms with Crippen LogP contribution in [0.1, 0.15) is 18.1 Å². The highest BCUT2D eigenvalue weighted by Crippen LogP contribution is 2.33. The zero-order chi connectivity index (χ0) is 31.5. The number of rotatable bonds is 14. The number of para-hydroxylation sites is 2. The monoisotopic (exact) mass is 615 g/mol. The molecular formula is C34H37N3O6S. The van der Waals surface area contributed by atoms with Crippen LogP contribution in [0.5, 0.6) is 11.5 Å². The second-order valence-corrected chi connectivity index (χ2v) is 11.8. The second kappa shape index (κ2) is 15.1. The third-order valence-corrected chi connectivity index (χ3v) is 8.82. The summed E-state index contributed by atoms with van der Waals surface area (Å²) in [5.41, 5.74) is 1.78. The van der Waals surface area contributed by atoms with Crippen LogP contribution >= 0.6 is 0 Å². The van der Waals surface area contributed by atoms with Crippen LogP contribution in [0.2, 0.25) is 0 Å². The molecule has 0 fully saturated rings. The predicted octanol–water partition coefficient (Wildman–Crippen LogP) is 4.68. The van der Waals surface area contributed by atoms with Crippen LogP contribution in [0.15, 0.2) is 114 Å². The van der Waals surface area contributed by atoms with Crippen LogP contribution in [0.4, 0.5) is 5.69 Å². The van der Waals surface area contributed by atoms with Gasteiger partial charge in [-0.1, -0.05) is 72.8 Å². The van der Waals surface area contributed by atoms with Gasteiger partial charge in [0, 0.05) is 20.0 Å². The van der Waals surface area contributed by atoms with Crippen LogP contribution in [-0.4, -0.2) is 58.5 Å². The molecular weight excluding hydrogens is 578 g/mol. The second-order valence-electron chi connectivity index (χ2n) is 9.92. The maximum absolute atomic E-state index is 14.5. The summed E-state index contributed by atoms with van der Waals surface area (Å²) in [6.45, 7) is 1.55.